The molecule has 0 rings (SSSR count). The first kappa shape index (κ1) is 27.0. The van der Waals surface area contributed by atoms with Crippen LogP contribution < -0.4 is 27.4 Å². The van der Waals surface area contributed by atoms with Crippen LogP contribution in [-0.4, -0.2) is 83.4 Å². The van der Waals surface area contributed by atoms with E-state index in [9.17, 15) is 29.1 Å². The van der Waals surface area contributed by atoms with E-state index in [0.29, 0.717) is 11.5 Å². The zero-order valence-corrected chi connectivity index (χ0v) is 18.1. The van der Waals surface area contributed by atoms with Crippen LogP contribution in [0.3, 0.4) is 0 Å². The van der Waals surface area contributed by atoms with Crippen molar-refractivity contribution in [3.8, 4) is 0 Å². The van der Waals surface area contributed by atoms with Crippen LogP contribution in [0.4, 0.5) is 0 Å². The summed E-state index contributed by atoms with van der Waals surface area (Å²) >= 11 is 2.88. The second kappa shape index (κ2) is 14.9. The number of thioether (sulfide) groups is 2. The average Bonchev–Trinajstić information content (AvgIpc) is 2.66. The van der Waals surface area contributed by atoms with Gasteiger partial charge in [-0.2, -0.15) is 23.5 Å². The number of aliphatic carboxylic acids is 1. The summed E-state index contributed by atoms with van der Waals surface area (Å²) in [7, 11) is 0. The Morgan fingerprint density at radius 1 is 0.862 bits per heavy atom. The van der Waals surface area contributed by atoms with Crippen LogP contribution in [0.1, 0.15) is 19.3 Å². The molecule has 8 N–H and O–H groups in total. The minimum atomic E-state index is -1.29. The fraction of sp³-hybridized carbons (Fsp3) is 0.688. The minimum Gasteiger partial charge on any atom is -0.480 e. The van der Waals surface area contributed by atoms with Crippen molar-refractivity contribution in [2.45, 2.75) is 37.4 Å². The van der Waals surface area contributed by atoms with E-state index in [2.05, 4.69) is 16.0 Å². The molecule has 0 aliphatic rings. The maximum Gasteiger partial charge on any atom is 0.326 e. The summed E-state index contributed by atoms with van der Waals surface area (Å²) in [6.45, 7) is -0.394. The molecule has 0 radical (unpaired) electrons. The highest BCUT2D eigenvalue weighted by molar-refractivity contribution is 7.98. The lowest BCUT2D eigenvalue weighted by Crippen LogP contribution is -2.57. The van der Waals surface area contributed by atoms with Gasteiger partial charge < -0.3 is 32.5 Å². The van der Waals surface area contributed by atoms with Gasteiger partial charge in [0.1, 0.15) is 18.1 Å². The molecule has 11 nitrogen and oxygen atoms in total. The Bertz CT molecular complexity index is 592. The molecule has 0 spiro atoms. The highest BCUT2D eigenvalue weighted by Crippen LogP contribution is 2.06. The largest absolute Gasteiger partial charge is 0.480 e. The topological polar surface area (TPSA) is 194 Å². The van der Waals surface area contributed by atoms with Crippen molar-refractivity contribution in [2.75, 3.05) is 30.6 Å². The zero-order chi connectivity index (χ0) is 22.4. The summed E-state index contributed by atoms with van der Waals surface area (Å²) < 4.78 is 0. The first-order valence-electron chi connectivity index (χ1n) is 8.75. The number of carbonyl (C=O) groups excluding carboxylic acids is 4. The molecule has 0 saturated carbocycles. The van der Waals surface area contributed by atoms with Crippen LogP contribution in [-0.2, 0) is 24.0 Å². The third-order valence-electron chi connectivity index (χ3n) is 3.71. The van der Waals surface area contributed by atoms with Crippen LogP contribution in [0.2, 0.25) is 0 Å². The molecular formula is C16H29N5O6S2. The van der Waals surface area contributed by atoms with Gasteiger partial charge in [-0.15, -0.1) is 0 Å². The molecule has 0 aromatic rings. The second-order valence-corrected chi connectivity index (χ2v) is 7.99. The third-order valence-corrected chi connectivity index (χ3v) is 5.00. The molecular weight excluding hydrogens is 422 g/mol. The number of carbonyl (C=O) groups is 5. The van der Waals surface area contributed by atoms with Gasteiger partial charge in [-0.1, -0.05) is 0 Å². The van der Waals surface area contributed by atoms with Gasteiger partial charge in [0.2, 0.25) is 23.6 Å². The van der Waals surface area contributed by atoms with E-state index in [1.165, 1.54) is 23.5 Å². The molecule has 0 bridgehead atoms. The maximum atomic E-state index is 12.6. The summed E-state index contributed by atoms with van der Waals surface area (Å²) in [6.07, 6.45) is 3.60. The quantitative estimate of drug-likeness (QED) is 0.161. The molecule has 0 aliphatic carbocycles. The maximum absolute atomic E-state index is 12.6. The Hall–Kier alpha value is -1.99. The van der Waals surface area contributed by atoms with E-state index in [4.69, 9.17) is 11.5 Å². The van der Waals surface area contributed by atoms with E-state index in [1.54, 1.807) is 0 Å². The number of carboxylic acid groups (broad SMARTS) is 1. The Morgan fingerprint density at radius 2 is 1.34 bits per heavy atom. The van der Waals surface area contributed by atoms with Gasteiger partial charge >= 0.3 is 5.97 Å². The number of primary amides is 1. The van der Waals surface area contributed by atoms with Crippen molar-refractivity contribution < 1.29 is 29.1 Å². The molecule has 0 aromatic carbocycles. The van der Waals surface area contributed by atoms with Crippen LogP contribution >= 0.6 is 23.5 Å². The van der Waals surface area contributed by atoms with Gasteiger partial charge in [-0.25, -0.2) is 4.79 Å². The van der Waals surface area contributed by atoms with Gasteiger partial charge in [0.25, 0.3) is 0 Å². The summed E-state index contributed by atoms with van der Waals surface area (Å²) in [5, 5.41) is 16.4. The van der Waals surface area contributed by atoms with Crippen LogP contribution in [0.15, 0.2) is 0 Å². The summed E-state index contributed by atoms with van der Waals surface area (Å²) in [5.41, 5.74) is 10.3. The fourth-order valence-electron chi connectivity index (χ4n) is 2.21. The van der Waals surface area contributed by atoms with Gasteiger partial charge in [0.15, 0.2) is 0 Å². The van der Waals surface area contributed by atoms with E-state index in [1.807, 2.05) is 12.5 Å². The Balaban J connectivity index is 5.27. The number of amides is 4. The highest BCUT2D eigenvalue weighted by Gasteiger charge is 2.29. The number of nitrogens with two attached hydrogens (primary N) is 2. The lowest BCUT2D eigenvalue weighted by Gasteiger charge is -2.24. The molecule has 4 amide bonds. The molecule has 29 heavy (non-hydrogen) atoms. The van der Waals surface area contributed by atoms with Crippen LogP contribution in [0, 0.1) is 0 Å². The van der Waals surface area contributed by atoms with Crippen molar-refractivity contribution in [1.29, 1.82) is 0 Å². The Labute approximate surface area is 177 Å². The lowest BCUT2D eigenvalue weighted by atomic mass is 10.1. The van der Waals surface area contributed by atoms with Gasteiger partial charge in [0.05, 0.1) is 13.0 Å². The SMILES string of the molecule is CSCCC(NC(=O)C(CCSC)NC(=O)C(CC(N)=O)NC(=O)CN)C(=O)O. The van der Waals surface area contributed by atoms with Gasteiger partial charge in [-0.3, -0.25) is 19.2 Å². The molecule has 3 unspecified atom stereocenters. The standard InChI is InChI=1S/C16H29N5O6S2/c1-28-5-3-9(14(24)21-10(16(26)27)4-6-29-2)20-15(25)11(7-12(18)22)19-13(23)8-17/h9-11H,3-8,17H2,1-2H3,(H2,18,22)(H,19,23)(H,20,25)(H,21,24)(H,26,27). The lowest BCUT2D eigenvalue weighted by molar-refractivity contribution is -0.142. The molecule has 3 atom stereocenters. The smallest absolute Gasteiger partial charge is 0.326 e. The first-order valence-corrected chi connectivity index (χ1v) is 11.5. The van der Waals surface area contributed by atoms with Crippen molar-refractivity contribution >= 4 is 53.1 Å². The van der Waals surface area contributed by atoms with Crippen molar-refractivity contribution in [2.24, 2.45) is 11.5 Å². The predicted octanol–water partition coefficient (Wildman–Crippen LogP) is -2.13. The van der Waals surface area contributed by atoms with E-state index in [-0.39, 0.29) is 12.8 Å². The normalized spacial score (nSPS) is 13.6. The number of hydrogen-bond donors (Lipinski definition) is 6. The van der Waals surface area contributed by atoms with E-state index < -0.39 is 60.7 Å². The van der Waals surface area contributed by atoms with Crippen molar-refractivity contribution in [3.05, 3.63) is 0 Å². The predicted molar refractivity (Wildman–Crippen MR) is 112 cm³/mol. The summed E-state index contributed by atoms with van der Waals surface area (Å²) in [6, 6.07) is -3.43. The zero-order valence-electron chi connectivity index (χ0n) is 16.4. The third kappa shape index (κ3) is 11.6. The van der Waals surface area contributed by atoms with E-state index >= 15 is 0 Å². The highest BCUT2D eigenvalue weighted by atomic mass is 32.2. The van der Waals surface area contributed by atoms with Crippen molar-refractivity contribution in [1.82, 2.24) is 16.0 Å². The molecule has 0 fully saturated rings. The number of rotatable bonds is 15. The average molecular weight is 452 g/mol. The fourth-order valence-corrected chi connectivity index (χ4v) is 3.15. The Morgan fingerprint density at radius 3 is 1.79 bits per heavy atom. The summed E-state index contributed by atoms with van der Waals surface area (Å²) in [5.74, 6) is -3.08. The van der Waals surface area contributed by atoms with Gasteiger partial charge in [0, 0.05) is 0 Å². The summed E-state index contributed by atoms with van der Waals surface area (Å²) in [4.78, 5) is 59.2. The molecule has 0 heterocycles. The van der Waals surface area contributed by atoms with E-state index in [0.717, 1.165) is 0 Å². The molecule has 0 aromatic heterocycles. The molecule has 13 heteroatoms. The van der Waals surface area contributed by atoms with Crippen molar-refractivity contribution in [3.63, 3.8) is 0 Å². The number of hydrogen-bond acceptors (Lipinski definition) is 8. The number of carboxylic acids is 1. The number of nitrogens with one attached hydrogen (secondary N) is 3. The molecule has 0 saturated heterocycles. The first-order chi connectivity index (χ1) is 13.7. The minimum absolute atomic E-state index is 0.224. The van der Waals surface area contributed by atoms with Crippen LogP contribution in [0.25, 0.3) is 0 Å². The Kier molecular flexibility index (Phi) is 13.9. The monoisotopic (exact) mass is 451 g/mol. The van der Waals surface area contributed by atoms with Crippen LogP contribution in [0.5, 0.6) is 0 Å². The second-order valence-electron chi connectivity index (χ2n) is 6.02. The van der Waals surface area contributed by atoms with Gasteiger partial charge in [-0.05, 0) is 36.9 Å². The molecule has 166 valence electrons. The molecule has 0 aliphatic heterocycles.